The van der Waals surface area contributed by atoms with E-state index >= 15 is 0 Å². The molecule has 2 atom stereocenters. The van der Waals surface area contributed by atoms with Crippen molar-refractivity contribution in [1.29, 1.82) is 0 Å². The minimum atomic E-state index is -3.13. The van der Waals surface area contributed by atoms with E-state index in [0.29, 0.717) is 11.8 Å². The lowest BCUT2D eigenvalue weighted by Gasteiger charge is -2.43. The lowest BCUT2D eigenvalue weighted by molar-refractivity contribution is -0.0200. The van der Waals surface area contributed by atoms with Gasteiger partial charge in [-0.15, -0.1) is 0 Å². The van der Waals surface area contributed by atoms with Crippen molar-refractivity contribution in [2.24, 2.45) is 11.8 Å². The van der Waals surface area contributed by atoms with Gasteiger partial charge in [-0.1, -0.05) is 0 Å². The average molecular weight is 360 g/mol. The molecule has 1 saturated carbocycles. The largest absolute Gasteiger partial charge is 0.379 e. The predicted octanol–water partition coefficient (Wildman–Crippen LogP) is 0.747. The molecule has 1 aliphatic carbocycles. The molecule has 2 heterocycles. The van der Waals surface area contributed by atoms with Gasteiger partial charge in [-0.25, -0.2) is 13.1 Å². The Labute approximate surface area is 147 Å². The summed E-state index contributed by atoms with van der Waals surface area (Å²) in [6.45, 7) is 12.8. The molecule has 0 unspecified atom stereocenters. The normalized spacial score (nSPS) is 30.8. The van der Waals surface area contributed by atoms with E-state index in [1.807, 2.05) is 0 Å². The smallest absolute Gasteiger partial charge is 0.211 e. The van der Waals surface area contributed by atoms with Crippen molar-refractivity contribution in [2.75, 3.05) is 51.7 Å². The first kappa shape index (κ1) is 18.6. The van der Waals surface area contributed by atoms with E-state index in [1.165, 1.54) is 12.8 Å². The zero-order chi connectivity index (χ0) is 17.4. The van der Waals surface area contributed by atoms with Crippen LogP contribution >= 0.6 is 0 Å². The summed E-state index contributed by atoms with van der Waals surface area (Å²) < 4.78 is 32.5. The molecule has 2 saturated heterocycles. The van der Waals surface area contributed by atoms with Crippen LogP contribution in [-0.2, 0) is 14.8 Å². The van der Waals surface area contributed by atoms with Crippen LogP contribution in [0.25, 0.3) is 0 Å². The van der Waals surface area contributed by atoms with Gasteiger partial charge in [0, 0.05) is 44.3 Å². The molecular formula is C17H33N3O3S. The molecule has 3 aliphatic rings. The highest BCUT2D eigenvalue weighted by Gasteiger charge is 2.45. The van der Waals surface area contributed by atoms with E-state index < -0.39 is 10.0 Å². The Bertz CT molecular complexity index is 527. The monoisotopic (exact) mass is 359 g/mol. The van der Waals surface area contributed by atoms with Gasteiger partial charge in [0.1, 0.15) is 0 Å². The fourth-order valence-corrected chi connectivity index (χ4v) is 5.18. The molecule has 0 spiro atoms. The van der Waals surface area contributed by atoms with Gasteiger partial charge in [0.15, 0.2) is 0 Å². The number of nitrogens with zero attached hydrogens (tertiary/aromatic N) is 2. The number of nitrogens with one attached hydrogen (secondary N) is 1. The van der Waals surface area contributed by atoms with Crippen molar-refractivity contribution in [3.63, 3.8) is 0 Å². The van der Waals surface area contributed by atoms with Crippen molar-refractivity contribution in [2.45, 2.75) is 45.2 Å². The Balaban J connectivity index is 1.62. The molecule has 3 fully saturated rings. The van der Waals surface area contributed by atoms with Gasteiger partial charge in [0.2, 0.25) is 10.0 Å². The van der Waals surface area contributed by atoms with Crippen LogP contribution in [0.5, 0.6) is 0 Å². The SMILES string of the molecule is CCS(=O)(=O)N[C@H]1CN(CC(C)(C)N2CCOCC2)C[C@@H]1C1CC1. The summed E-state index contributed by atoms with van der Waals surface area (Å²) in [6, 6.07) is 0.0861. The van der Waals surface area contributed by atoms with Crippen molar-refractivity contribution in [3.05, 3.63) is 0 Å². The maximum Gasteiger partial charge on any atom is 0.211 e. The maximum absolute atomic E-state index is 12.0. The quantitative estimate of drug-likeness (QED) is 0.727. The van der Waals surface area contributed by atoms with E-state index in [2.05, 4.69) is 28.4 Å². The lowest BCUT2D eigenvalue weighted by atomic mass is 9.99. The number of morpholine rings is 1. The molecule has 0 radical (unpaired) electrons. The standard InChI is InChI=1S/C17H33N3O3S/c1-4-24(21,22)18-16-12-19(11-15(16)14-5-6-14)13-17(2,3)20-7-9-23-10-8-20/h14-16,18H,4-13H2,1-3H3/t15-,16+/m1/s1. The highest BCUT2D eigenvalue weighted by atomic mass is 32.2. The van der Waals surface area contributed by atoms with Crippen LogP contribution in [0.4, 0.5) is 0 Å². The van der Waals surface area contributed by atoms with Crippen LogP contribution in [-0.4, -0.2) is 81.5 Å². The number of hydrogen-bond acceptors (Lipinski definition) is 5. The summed E-state index contributed by atoms with van der Waals surface area (Å²) in [4.78, 5) is 4.98. The highest BCUT2D eigenvalue weighted by Crippen LogP contribution is 2.42. The number of ether oxygens (including phenoxy) is 1. The minimum Gasteiger partial charge on any atom is -0.379 e. The first-order valence-corrected chi connectivity index (χ1v) is 11.0. The van der Waals surface area contributed by atoms with Crippen LogP contribution in [0.2, 0.25) is 0 Å². The Morgan fingerprint density at radius 3 is 2.42 bits per heavy atom. The van der Waals surface area contributed by atoms with E-state index in [9.17, 15) is 8.42 Å². The van der Waals surface area contributed by atoms with Crippen LogP contribution < -0.4 is 4.72 Å². The second kappa shape index (κ2) is 7.19. The number of likely N-dealkylation sites (tertiary alicyclic amines) is 1. The molecule has 0 amide bonds. The summed E-state index contributed by atoms with van der Waals surface area (Å²) in [7, 11) is -3.13. The number of hydrogen-bond donors (Lipinski definition) is 1. The zero-order valence-corrected chi connectivity index (χ0v) is 16.1. The van der Waals surface area contributed by atoms with Crippen molar-refractivity contribution in [1.82, 2.24) is 14.5 Å². The fraction of sp³-hybridized carbons (Fsp3) is 1.00. The first-order chi connectivity index (χ1) is 11.3. The molecule has 0 aromatic carbocycles. The molecule has 7 heteroatoms. The molecule has 0 bridgehead atoms. The molecule has 6 nitrogen and oxygen atoms in total. The highest BCUT2D eigenvalue weighted by molar-refractivity contribution is 7.89. The van der Waals surface area contributed by atoms with Crippen molar-refractivity contribution < 1.29 is 13.2 Å². The van der Waals surface area contributed by atoms with Crippen LogP contribution in [0.1, 0.15) is 33.6 Å². The summed E-state index contributed by atoms with van der Waals surface area (Å²) in [5.74, 6) is 1.36. The third kappa shape index (κ3) is 4.49. The summed E-state index contributed by atoms with van der Waals surface area (Å²) in [5, 5.41) is 0. The Morgan fingerprint density at radius 1 is 1.17 bits per heavy atom. The Kier molecular flexibility index (Phi) is 5.57. The first-order valence-electron chi connectivity index (χ1n) is 9.36. The summed E-state index contributed by atoms with van der Waals surface area (Å²) in [5.41, 5.74) is 0.0937. The fourth-order valence-electron chi connectivity index (χ4n) is 4.30. The molecule has 3 rings (SSSR count). The minimum absolute atomic E-state index is 0.0861. The second-order valence-electron chi connectivity index (χ2n) is 8.23. The molecule has 0 aromatic heterocycles. The van der Waals surface area contributed by atoms with Gasteiger partial charge < -0.3 is 4.74 Å². The average Bonchev–Trinajstić information content (AvgIpc) is 3.31. The summed E-state index contributed by atoms with van der Waals surface area (Å²) in [6.07, 6.45) is 2.52. The van der Waals surface area contributed by atoms with Gasteiger partial charge in [-0.05, 0) is 45.4 Å². The molecule has 0 aromatic rings. The Hall–Kier alpha value is -0.210. The van der Waals surface area contributed by atoms with Crippen molar-refractivity contribution in [3.8, 4) is 0 Å². The topological polar surface area (TPSA) is 61.9 Å². The predicted molar refractivity (Wildman–Crippen MR) is 95.5 cm³/mol. The van der Waals surface area contributed by atoms with Gasteiger partial charge in [-0.2, -0.15) is 0 Å². The van der Waals surface area contributed by atoms with Gasteiger partial charge in [0.25, 0.3) is 0 Å². The van der Waals surface area contributed by atoms with Gasteiger partial charge in [0.05, 0.1) is 19.0 Å². The maximum atomic E-state index is 12.0. The zero-order valence-electron chi connectivity index (χ0n) is 15.3. The van der Waals surface area contributed by atoms with E-state index in [1.54, 1.807) is 6.92 Å². The van der Waals surface area contributed by atoms with E-state index in [-0.39, 0.29) is 17.3 Å². The number of rotatable bonds is 7. The molecule has 2 aliphatic heterocycles. The Morgan fingerprint density at radius 2 is 1.83 bits per heavy atom. The third-order valence-corrected chi connectivity index (χ3v) is 7.28. The second-order valence-corrected chi connectivity index (χ2v) is 10.3. The number of sulfonamides is 1. The van der Waals surface area contributed by atoms with Gasteiger partial charge >= 0.3 is 0 Å². The molecule has 1 N–H and O–H groups in total. The summed E-state index contributed by atoms with van der Waals surface area (Å²) >= 11 is 0. The molecule has 140 valence electrons. The molecule has 24 heavy (non-hydrogen) atoms. The molecular weight excluding hydrogens is 326 g/mol. The van der Waals surface area contributed by atoms with Crippen LogP contribution in [0.15, 0.2) is 0 Å². The van der Waals surface area contributed by atoms with Crippen LogP contribution in [0, 0.1) is 11.8 Å². The lowest BCUT2D eigenvalue weighted by Crippen LogP contribution is -2.55. The van der Waals surface area contributed by atoms with E-state index in [0.717, 1.165) is 45.9 Å². The van der Waals surface area contributed by atoms with Crippen molar-refractivity contribution >= 4 is 10.0 Å². The third-order valence-electron chi connectivity index (χ3n) is 5.86. The van der Waals surface area contributed by atoms with E-state index in [4.69, 9.17) is 4.74 Å². The van der Waals surface area contributed by atoms with Crippen LogP contribution in [0.3, 0.4) is 0 Å². The van der Waals surface area contributed by atoms with Gasteiger partial charge in [-0.3, -0.25) is 9.80 Å².